The topological polar surface area (TPSA) is 84.3 Å². The fourth-order valence-electron chi connectivity index (χ4n) is 4.49. The van der Waals surface area contributed by atoms with Crippen molar-refractivity contribution in [2.45, 2.75) is 0 Å². The van der Waals surface area contributed by atoms with Crippen LogP contribution in [0.5, 0.6) is 11.5 Å². The van der Waals surface area contributed by atoms with Crippen LogP contribution in [0.1, 0.15) is 20.9 Å². The van der Waals surface area contributed by atoms with Crippen molar-refractivity contribution >= 4 is 46.4 Å². The second kappa shape index (κ2) is 11.9. The van der Waals surface area contributed by atoms with E-state index >= 15 is 0 Å². The van der Waals surface area contributed by atoms with Crippen molar-refractivity contribution in [1.29, 1.82) is 0 Å². The molecule has 10 heteroatoms. The average Bonchev–Trinajstić information content (AvgIpc) is 3.49. The summed E-state index contributed by atoms with van der Waals surface area (Å²) in [5.74, 6) is 1.43. The molecule has 0 bridgehead atoms. The quantitative estimate of drug-likeness (QED) is 0.269. The second-order valence-electron chi connectivity index (χ2n) is 9.17. The molecule has 1 aromatic heterocycles. The maximum atomic E-state index is 13.1. The number of amides is 2. The molecule has 1 fully saturated rings. The molecule has 40 heavy (non-hydrogen) atoms. The summed E-state index contributed by atoms with van der Waals surface area (Å²) in [6, 6.07) is 21.2. The Kier molecular flexibility index (Phi) is 8.19. The van der Waals surface area contributed by atoms with Gasteiger partial charge in [-0.15, -0.1) is 0 Å². The second-order valence-corrected chi connectivity index (χ2v) is 9.99. The van der Waals surface area contributed by atoms with Gasteiger partial charge in [-0.1, -0.05) is 23.2 Å². The molecule has 4 aromatic rings. The Balaban J connectivity index is 1.17. The Morgan fingerprint density at radius 1 is 0.800 bits per heavy atom. The molecule has 0 unspecified atom stereocenters. The van der Waals surface area contributed by atoms with Gasteiger partial charge in [-0.3, -0.25) is 9.59 Å². The fourth-order valence-corrected chi connectivity index (χ4v) is 4.79. The highest BCUT2D eigenvalue weighted by Gasteiger charge is 2.23. The van der Waals surface area contributed by atoms with Crippen molar-refractivity contribution in [3.8, 4) is 22.8 Å². The lowest BCUT2D eigenvalue weighted by atomic mass is 10.1. The van der Waals surface area contributed by atoms with Crippen LogP contribution in [-0.2, 0) is 0 Å². The Bertz CT molecular complexity index is 1510. The van der Waals surface area contributed by atoms with Gasteiger partial charge in [-0.05, 0) is 66.7 Å². The Hall–Kier alpha value is -4.14. The third kappa shape index (κ3) is 6.03. The number of methoxy groups -OCH3 is 2. The number of halogens is 2. The zero-order valence-corrected chi connectivity index (χ0v) is 23.5. The van der Waals surface area contributed by atoms with Crippen molar-refractivity contribution < 1.29 is 23.5 Å². The van der Waals surface area contributed by atoms with Gasteiger partial charge in [0.25, 0.3) is 11.8 Å². The number of nitrogens with one attached hydrogen (secondary N) is 1. The average molecular weight is 580 g/mol. The minimum absolute atomic E-state index is 0.0600. The van der Waals surface area contributed by atoms with E-state index < -0.39 is 0 Å². The summed E-state index contributed by atoms with van der Waals surface area (Å²) in [6.07, 6.45) is 0. The summed E-state index contributed by atoms with van der Waals surface area (Å²) in [6.45, 7) is 2.53. The van der Waals surface area contributed by atoms with Crippen LogP contribution in [0.2, 0.25) is 10.0 Å². The molecule has 1 aliphatic heterocycles. The van der Waals surface area contributed by atoms with Crippen molar-refractivity contribution in [2.75, 3.05) is 50.6 Å². The van der Waals surface area contributed by atoms with Gasteiger partial charge in [0, 0.05) is 54.7 Å². The number of hydrogen-bond donors (Lipinski definition) is 1. The lowest BCUT2D eigenvalue weighted by Crippen LogP contribution is -2.48. The number of benzene rings is 3. The van der Waals surface area contributed by atoms with E-state index in [0.29, 0.717) is 64.7 Å². The van der Waals surface area contributed by atoms with Crippen LogP contribution in [-0.4, -0.2) is 57.1 Å². The third-order valence-corrected chi connectivity index (χ3v) is 7.43. The third-order valence-electron chi connectivity index (χ3n) is 6.69. The minimum Gasteiger partial charge on any atom is -0.497 e. The standard InChI is InChI=1S/C30H27Cl2N3O5/c1-38-23-15-20(16-24(18-23)39-2)30(37)35-13-11-34(12-14-35)22-6-4-21(5-7-22)33-29(36)28-10-9-27(40-28)19-3-8-25(31)26(32)17-19/h3-10,15-18H,11-14H2,1-2H3,(H,33,36). The van der Waals surface area contributed by atoms with Gasteiger partial charge in [0.15, 0.2) is 5.76 Å². The zero-order valence-electron chi connectivity index (χ0n) is 21.9. The lowest BCUT2D eigenvalue weighted by Gasteiger charge is -2.36. The highest BCUT2D eigenvalue weighted by molar-refractivity contribution is 6.42. The number of rotatable bonds is 7. The highest BCUT2D eigenvalue weighted by atomic mass is 35.5. The van der Waals surface area contributed by atoms with Crippen LogP contribution >= 0.6 is 23.2 Å². The number of piperazine rings is 1. The van der Waals surface area contributed by atoms with Crippen molar-refractivity contribution in [3.05, 3.63) is 94.2 Å². The first-order chi connectivity index (χ1) is 19.3. The molecule has 0 spiro atoms. The van der Waals surface area contributed by atoms with Crippen LogP contribution in [0.15, 0.2) is 77.2 Å². The number of carbonyl (C=O) groups excluding carboxylic acids is 2. The maximum absolute atomic E-state index is 13.1. The Labute approximate surface area is 242 Å². The summed E-state index contributed by atoms with van der Waals surface area (Å²) in [5, 5.41) is 3.72. The molecule has 0 radical (unpaired) electrons. The fraction of sp³-hybridized carbons (Fsp3) is 0.200. The number of anilines is 2. The van der Waals surface area contributed by atoms with Crippen molar-refractivity contribution in [3.63, 3.8) is 0 Å². The summed E-state index contributed by atoms with van der Waals surface area (Å²) < 4.78 is 16.3. The molecule has 5 rings (SSSR count). The smallest absolute Gasteiger partial charge is 0.291 e. The Morgan fingerprint density at radius 2 is 1.48 bits per heavy atom. The number of ether oxygens (including phenoxy) is 2. The molecule has 0 saturated carbocycles. The largest absolute Gasteiger partial charge is 0.497 e. The van der Waals surface area contributed by atoms with Gasteiger partial charge in [-0.2, -0.15) is 0 Å². The highest BCUT2D eigenvalue weighted by Crippen LogP contribution is 2.30. The molecule has 3 aromatic carbocycles. The molecule has 8 nitrogen and oxygen atoms in total. The van der Waals surface area contributed by atoms with Gasteiger partial charge in [0.1, 0.15) is 17.3 Å². The van der Waals surface area contributed by atoms with E-state index in [1.54, 1.807) is 62.8 Å². The van der Waals surface area contributed by atoms with Crippen LogP contribution in [0.3, 0.4) is 0 Å². The zero-order chi connectivity index (χ0) is 28.2. The van der Waals surface area contributed by atoms with Gasteiger partial charge in [0.2, 0.25) is 0 Å². The van der Waals surface area contributed by atoms with Gasteiger partial charge >= 0.3 is 0 Å². The predicted molar refractivity (Wildman–Crippen MR) is 156 cm³/mol. The molecule has 1 aliphatic rings. The first-order valence-electron chi connectivity index (χ1n) is 12.6. The first kappa shape index (κ1) is 27.4. The maximum Gasteiger partial charge on any atom is 0.291 e. The number of nitrogens with zero attached hydrogens (tertiary/aromatic N) is 2. The SMILES string of the molecule is COc1cc(OC)cc(C(=O)N2CCN(c3ccc(NC(=O)c4ccc(-c5ccc(Cl)c(Cl)c5)o4)cc3)CC2)c1. The molecule has 2 amide bonds. The van der Waals surface area contributed by atoms with Gasteiger partial charge in [0.05, 0.1) is 24.3 Å². The van der Waals surface area contributed by atoms with E-state index in [4.69, 9.17) is 37.1 Å². The van der Waals surface area contributed by atoms with Crippen LogP contribution in [0.25, 0.3) is 11.3 Å². The van der Waals surface area contributed by atoms with E-state index in [-0.39, 0.29) is 17.6 Å². The molecule has 0 atom stereocenters. The predicted octanol–water partition coefficient (Wildman–Crippen LogP) is 6.49. The number of furan rings is 1. The first-order valence-corrected chi connectivity index (χ1v) is 13.3. The molecule has 2 heterocycles. The van der Waals surface area contributed by atoms with Crippen molar-refractivity contribution in [2.24, 2.45) is 0 Å². The molecule has 1 saturated heterocycles. The van der Waals surface area contributed by atoms with Crippen LogP contribution in [0, 0.1) is 0 Å². The summed E-state index contributed by atoms with van der Waals surface area (Å²) in [5.41, 5.74) is 2.91. The molecule has 206 valence electrons. The molecular formula is C30H27Cl2N3O5. The van der Waals surface area contributed by atoms with Gasteiger partial charge < -0.3 is 29.0 Å². The number of hydrogen-bond acceptors (Lipinski definition) is 6. The van der Waals surface area contributed by atoms with E-state index in [0.717, 1.165) is 11.3 Å². The van der Waals surface area contributed by atoms with Crippen LogP contribution in [0.4, 0.5) is 11.4 Å². The van der Waals surface area contributed by atoms with E-state index in [1.165, 1.54) is 0 Å². The van der Waals surface area contributed by atoms with E-state index in [9.17, 15) is 9.59 Å². The summed E-state index contributed by atoms with van der Waals surface area (Å²) >= 11 is 12.1. The minimum atomic E-state index is -0.361. The molecule has 0 aliphatic carbocycles. The summed E-state index contributed by atoms with van der Waals surface area (Å²) in [7, 11) is 3.12. The number of carbonyl (C=O) groups is 2. The normalized spacial score (nSPS) is 13.2. The van der Waals surface area contributed by atoms with Gasteiger partial charge in [-0.25, -0.2) is 0 Å². The monoisotopic (exact) mass is 579 g/mol. The Morgan fingerprint density at radius 3 is 2.10 bits per heavy atom. The van der Waals surface area contributed by atoms with Crippen molar-refractivity contribution in [1.82, 2.24) is 4.90 Å². The van der Waals surface area contributed by atoms with E-state index in [1.807, 2.05) is 29.2 Å². The lowest BCUT2D eigenvalue weighted by molar-refractivity contribution is 0.0746. The molecule has 1 N–H and O–H groups in total. The van der Waals surface area contributed by atoms with E-state index in [2.05, 4.69) is 10.2 Å². The van der Waals surface area contributed by atoms with Crippen LogP contribution < -0.4 is 19.7 Å². The summed E-state index contributed by atoms with van der Waals surface area (Å²) in [4.78, 5) is 29.9. The molecular weight excluding hydrogens is 553 g/mol.